The topological polar surface area (TPSA) is 56.4 Å². The molecule has 0 fully saturated rings. The maximum Gasteiger partial charge on any atom is 0.334 e. The van der Waals surface area contributed by atoms with Gasteiger partial charge in [0.2, 0.25) is 0 Å². The lowest BCUT2D eigenvalue weighted by Gasteiger charge is -2.12. The monoisotopic (exact) mass is 247 g/mol. The van der Waals surface area contributed by atoms with Gasteiger partial charge in [-0.15, -0.1) is 0 Å². The lowest BCUT2D eigenvalue weighted by molar-refractivity contribution is -0.116. The summed E-state index contributed by atoms with van der Waals surface area (Å²) in [5.74, 6) is 0.0220. The van der Waals surface area contributed by atoms with Crippen molar-refractivity contribution in [2.75, 3.05) is 0 Å². The number of nitrogens with zero attached hydrogens (tertiary/aromatic N) is 3. The van der Waals surface area contributed by atoms with Gasteiger partial charge in [0.05, 0.1) is 5.69 Å². The third kappa shape index (κ3) is 1.96. The van der Waals surface area contributed by atoms with Crippen LogP contribution < -0.4 is 5.69 Å². The predicted octanol–water partition coefficient (Wildman–Crippen LogP) is 1.52. The van der Waals surface area contributed by atoms with Crippen LogP contribution in [0.1, 0.15) is 38.1 Å². The van der Waals surface area contributed by atoms with Crippen molar-refractivity contribution in [2.45, 2.75) is 40.2 Å². The highest BCUT2D eigenvalue weighted by Gasteiger charge is 2.13. The van der Waals surface area contributed by atoms with E-state index in [0.29, 0.717) is 11.3 Å². The molecule has 0 N–H and O–H groups in total. The molecule has 0 amide bonds. The van der Waals surface area contributed by atoms with E-state index in [-0.39, 0.29) is 23.9 Å². The Balaban J connectivity index is 2.78. The summed E-state index contributed by atoms with van der Waals surface area (Å²) in [6, 6.07) is 0.0770. The highest BCUT2D eigenvalue weighted by Crippen LogP contribution is 2.11. The van der Waals surface area contributed by atoms with Gasteiger partial charge in [0.25, 0.3) is 0 Å². The molecule has 5 nitrogen and oxygen atoms in total. The molecule has 0 saturated carbocycles. The van der Waals surface area contributed by atoms with E-state index in [1.807, 2.05) is 27.0 Å². The molecule has 0 radical (unpaired) electrons. The lowest BCUT2D eigenvalue weighted by Crippen LogP contribution is -2.29. The molecule has 96 valence electrons. The summed E-state index contributed by atoms with van der Waals surface area (Å²) in [4.78, 5) is 27.8. The Labute approximate surface area is 105 Å². The average Bonchev–Trinajstić information content (AvgIpc) is 2.66. The normalized spacial score (nSPS) is 11.4. The molecule has 0 aromatic carbocycles. The van der Waals surface area contributed by atoms with Gasteiger partial charge in [0, 0.05) is 30.4 Å². The van der Waals surface area contributed by atoms with Gasteiger partial charge in [-0.25, -0.2) is 14.2 Å². The molecule has 2 heterocycles. The van der Waals surface area contributed by atoms with E-state index in [0.717, 1.165) is 5.56 Å². The molecule has 2 aromatic rings. The Morgan fingerprint density at radius 3 is 2.67 bits per heavy atom. The number of ketones is 1. The van der Waals surface area contributed by atoms with Crippen molar-refractivity contribution in [1.82, 2.24) is 14.0 Å². The zero-order valence-electron chi connectivity index (χ0n) is 11.1. The molecule has 5 heteroatoms. The standard InChI is InChI=1S/C13H17N3O2/c1-8(2)15-7-9(3)12-14-6-11(5-10(4)17)16(12)13(15)18/h6-8H,5H2,1-4H3. The van der Waals surface area contributed by atoms with Gasteiger partial charge < -0.3 is 0 Å². The fourth-order valence-corrected chi connectivity index (χ4v) is 2.07. The number of fused-ring (bicyclic) bond motifs is 1. The number of hydrogen-bond donors (Lipinski definition) is 0. The second-order valence-corrected chi connectivity index (χ2v) is 4.88. The Hall–Kier alpha value is -1.91. The van der Waals surface area contributed by atoms with Crippen molar-refractivity contribution in [3.63, 3.8) is 0 Å². The fraction of sp³-hybridized carbons (Fsp3) is 0.462. The Kier molecular flexibility index (Phi) is 3.07. The fourth-order valence-electron chi connectivity index (χ4n) is 2.07. The predicted molar refractivity (Wildman–Crippen MR) is 69.0 cm³/mol. The minimum absolute atomic E-state index is 0.0220. The minimum atomic E-state index is -0.139. The Bertz CT molecular complexity index is 665. The number of imidazole rings is 1. The summed E-state index contributed by atoms with van der Waals surface area (Å²) >= 11 is 0. The molecule has 0 bridgehead atoms. The zero-order chi connectivity index (χ0) is 13.4. The van der Waals surface area contributed by atoms with Crippen LogP contribution >= 0.6 is 0 Å². The van der Waals surface area contributed by atoms with E-state index in [4.69, 9.17) is 0 Å². The summed E-state index contributed by atoms with van der Waals surface area (Å²) in [6.45, 7) is 7.33. The molecule has 2 rings (SSSR count). The number of hydrogen-bond acceptors (Lipinski definition) is 3. The van der Waals surface area contributed by atoms with Crippen LogP contribution in [0.25, 0.3) is 5.65 Å². The van der Waals surface area contributed by atoms with E-state index in [9.17, 15) is 9.59 Å². The number of carbonyl (C=O) groups is 1. The summed E-state index contributed by atoms with van der Waals surface area (Å²) in [7, 11) is 0. The molecule has 0 aliphatic carbocycles. The molecule has 2 aromatic heterocycles. The van der Waals surface area contributed by atoms with Crippen LogP contribution in [0, 0.1) is 6.92 Å². The first-order chi connectivity index (χ1) is 8.41. The number of aromatic nitrogens is 3. The SMILES string of the molecule is CC(=O)Cc1cnc2c(C)cn(C(C)C)c(=O)n12. The van der Waals surface area contributed by atoms with Crippen LogP contribution in [0.4, 0.5) is 0 Å². The van der Waals surface area contributed by atoms with Crippen LogP contribution in [-0.4, -0.2) is 19.7 Å². The smallest absolute Gasteiger partial charge is 0.300 e. The van der Waals surface area contributed by atoms with Gasteiger partial charge >= 0.3 is 5.69 Å². The maximum absolute atomic E-state index is 12.4. The van der Waals surface area contributed by atoms with Gasteiger partial charge in [0.15, 0.2) is 0 Å². The number of aryl methyl sites for hydroxylation is 1. The van der Waals surface area contributed by atoms with Crippen molar-refractivity contribution >= 4 is 11.4 Å². The molecular formula is C13H17N3O2. The van der Waals surface area contributed by atoms with Gasteiger partial charge in [0.1, 0.15) is 11.4 Å². The Morgan fingerprint density at radius 2 is 2.11 bits per heavy atom. The quantitative estimate of drug-likeness (QED) is 0.826. The van der Waals surface area contributed by atoms with Crippen molar-refractivity contribution in [2.24, 2.45) is 0 Å². The zero-order valence-corrected chi connectivity index (χ0v) is 11.1. The molecule has 18 heavy (non-hydrogen) atoms. The maximum atomic E-state index is 12.4. The van der Waals surface area contributed by atoms with Crippen LogP contribution in [-0.2, 0) is 11.2 Å². The highest BCUT2D eigenvalue weighted by molar-refractivity contribution is 5.78. The molecule has 0 saturated heterocycles. The minimum Gasteiger partial charge on any atom is -0.300 e. The second-order valence-electron chi connectivity index (χ2n) is 4.88. The van der Waals surface area contributed by atoms with Crippen molar-refractivity contribution in [3.05, 3.63) is 34.1 Å². The number of rotatable bonds is 3. The summed E-state index contributed by atoms with van der Waals surface area (Å²) in [5, 5.41) is 0. The molecule has 0 aliphatic heterocycles. The van der Waals surface area contributed by atoms with Crippen molar-refractivity contribution in [1.29, 1.82) is 0 Å². The van der Waals surface area contributed by atoms with Crippen LogP contribution in [0.5, 0.6) is 0 Å². The number of carbonyl (C=O) groups excluding carboxylic acids is 1. The molecule has 0 unspecified atom stereocenters. The largest absolute Gasteiger partial charge is 0.334 e. The van der Waals surface area contributed by atoms with Crippen molar-refractivity contribution in [3.8, 4) is 0 Å². The first-order valence-electron chi connectivity index (χ1n) is 5.99. The van der Waals surface area contributed by atoms with Crippen LogP contribution in [0.2, 0.25) is 0 Å². The molecule has 0 spiro atoms. The van der Waals surface area contributed by atoms with Crippen molar-refractivity contribution < 1.29 is 4.79 Å². The second kappa shape index (κ2) is 4.40. The third-order valence-electron chi connectivity index (χ3n) is 2.92. The van der Waals surface area contributed by atoms with Gasteiger partial charge in [-0.1, -0.05) is 0 Å². The van der Waals surface area contributed by atoms with Gasteiger partial charge in [-0.2, -0.15) is 0 Å². The molecular weight excluding hydrogens is 230 g/mol. The average molecular weight is 247 g/mol. The Morgan fingerprint density at radius 1 is 1.44 bits per heavy atom. The van der Waals surface area contributed by atoms with E-state index in [1.54, 1.807) is 10.8 Å². The molecule has 0 aliphatic rings. The van der Waals surface area contributed by atoms with Gasteiger partial charge in [-0.05, 0) is 27.7 Å². The van der Waals surface area contributed by atoms with E-state index in [2.05, 4.69) is 4.98 Å². The van der Waals surface area contributed by atoms with E-state index < -0.39 is 0 Å². The number of Topliss-reactive ketones (excluding diaryl/α,β-unsaturated/α-hetero) is 1. The van der Waals surface area contributed by atoms with Crippen LogP contribution in [0.15, 0.2) is 17.2 Å². The third-order valence-corrected chi connectivity index (χ3v) is 2.92. The molecule has 0 atom stereocenters. The van der Waals surface area contributed by atoms with E-state index >= 15 is 0 Å². The van der Waals surface area contributed by atoms with Gasteiger partial charge in [-0.3, -0.25) is 9.36 Å². The lowest BCUT2D eigenvalue weighted by atomic mass is 10.2. The summed E-state index contributed by atoms with van der Waals surface area (Å²) in [5.41, 5.74) is 2.08. The van der Waals surface area contributed by atoms with Crippen LogP contribution in [0.3, 0.4) is 0 Å². The first-order valence-corrected chi connectivity index (χ1v) is 5.99. The first kappa shape index (κ1) is 12.5. The summed E-state index contributed by atoms with van der Waals surface area (Å²) in [6.07, 6.45) is 3.65. The highest BCUT2D eigenvalue weighted by atomic mass is 16.1. The summed E-state index contributed by atoms with van der Waals surface area (Å²) < 4.78 is 3.20. The van der Waals surface area contributed by atoms with E-state index in [1.165, 1.54) is 11.3 Å².